The second-order valence-electron chi connectivity index (χ2n) is 7.93. The fourth-order valence-corrected chi connectivity index (χ4v) is 4.24. The Hall–Kier alpha value is -3.52. The van der Waals surface area contributed by atoms with Gasteiger partial charge in [-0.2, -0.15) is 5.10 Å². The first kappa shape index (κ1) is 23.6. The quantitative estimate of drug-likeness (QED) is 0.285. The predicted molar refractivity (Wildman–Crippen MR) is 132 cm³/mol. The number of amides is 1. The Morgan fingerprint density at radius 2 is 1.71 bits per heavy atom. The van der Waals surface area contributed by atoms with Crippen molar-refractivity contribution in [1.82, 2.24) is 25.1 Å². The molecule has 2 aromatic carbocycles. The molecule has 6 nitrogen and oxygen atoms in total. The minimum Gasteiger partial charge on any atom is -0.352 e. The van der Waals surface area contributed by atoms with Gasteiger partial charge in [0.05, 0.1) is 11.4 Å². The maximum Gasteiger partial charge on any atom is 0.220 e. The van der Waals surface area contributed by atoms with Gasteiger partial charge in [-0.15, -0.1) is 0 Å². The van der Waals surface area contributed by atoms with Crippen molar-refractivity contribution in [3.63, 3.8) is 0 Å². The van der Waals surface area contributed by atoms with E-state index in [1.165, 1.54) is 23.9 Å². The maximum absolute atomic E-state index is 13.5. The average Bonchev–Trinajstić information content (AvgIpc) is 3.27. The molecule has 0 unspecified atom stereocenters. The van der Waals surface area contributed by atoms with Crippen LogP contribution in [0.1, 0.15) is 28.9 Å². The average molecular weight is 476 g/mol. The van der Waals surface area contributed by atoms with E-state index in [9.17, 15) is 9.18 Å². The third-order valence-corrected chi connectivity index (χ3v) is 6.14. The lowest BCUT2D eigenvalue weighted by molar-refractivity contribution is -0.121. The molecule has 0 aliphatic rings. The van der Waals surface area contributed by atoms with Crippen molar-refractivity contribution in [1.29, 1.82) is 0 Å². The SMILES string of the molecule is CSc1nc(C)c(CCC(=O)NCc2cn(-c3ccccc3)nc2-c2ccc(F)cc2)c(C)n1. The molecule has 0 atom stereocenters. The first-order valence-corrected chi connectivity index (χ1v) is 12.2. The van der Waals surface area contributed by atoms with Gasteiger partial charge >= 0.3 is 0 Å². The van der Waals surface area contributed by atoms with E-state index in [2.05, 4.69) is 15.3 Å². The summed E-state index contributed by atoms with van der Waals surface area (Å²) in [6.45, 7) is 4.22. The summed E-state index contributed by atoms with van der Waals surface area (Å²) in [4.78, 5) is 21.7. The summed E-state index contributed by atoms with van der Waals surface area (Å²) in [6.07, 6.45) is 4.76. The molecule has 0 fully saturated rings. The van der Waals surface area contributed by atoms with E-state index < -0.39 is 0 Å². The molecule has 4 rings (SSSR count). The molecular weight excluding hydrogens is 449 g/mol. The Morgan fingerprint density at radius 3 is 2.35 bits per heavy atom. The number of thioether (sulfide) groups is 1. The minimum atomic E-state index is -0.304. The van der Waals surface area contributed by atoms with Gasteiger partial charge in [0.25, 0.3) is 0 Å². The second kappa shape index (κ2) is 10.6. The molecule has 0 saturated heterocycles. The first-order valence-electron chi connectivity index (χ1n) is 11.0. The highest BCUT2D eigenvalue weighted by atomic mass is 32.2. The summed E-state index contributed by atoms with van der Waals surface area (Å²) < 4.78 is 15.2. The van der Waals surface area contributed by atoms with E-state index >= 15 is 0 Å². The number of benzene rings is 2. The van der Waals surface area contributed by atoms with E-state index in [0.717, 1.165) is 38.9 Å². The molecule has 4 aromatic rings. The van der Waals surface area contributed by atoms with Crippen molar-refractivity contribution in [2.24, 2.45) is 0 Å². The van der Waals surface area contributed by atoms with Crippen molar-refractivity contribution in [2.45, 2.75) is 38.4 Å². The predicted octanol–water partition coefficient (Wildman–Crippen LogP) is 5.06. The molecule has 174 valence electrons. The fourth-order valence-electron chi connectivity index (χ4n) is 3.79. The Kier molecular flexibility index (Phi) is 7.37. The first-order chi connectivity index (χ1) is 16.4. The van der Waals surface area contributed by atoms with Gasteiger partial charge < -0.3 is 5.32 Å². The lowest BCUT2D eigenvalue weighted by Crippen LogP contribution is -2.23. The second-order valence-corrected chi connectivity index (χ2v) is 8.70. The van der Waals surface area contributed by atoms with Crippen LogP contribution >= 0.6 is 11.8 Å². The lowest BCUT2D eigenvalue weighted by Gasteiger charge is -2.10. The van der Waals surface area contributed by atoms with Gasteiger partial charge in [0.15, 0.2) is 5.16 Å². The van der Waals surface area contributed by atoms with Crippen molar-refractivity contribution < 1.29 is 9.18 Å². The van der Waals surface area contributed by atoms with Crippen LogP contribution in [0, 0.1) is 19.7 Å². The van der Waals surface area contributed by atoms with Gasteiger partial charge in [-0.3, -0.25) is 4.79 Å². The van der Waals surface area contributed by atoms with Gasteiger partial charge in [-0.05, 0) is 68.5 Å². The number of aryl methyl sites for hydroxylation is 2. The Bertz CT molecular complexity index is 1270. The molecule has 0 radical (unpaired) electrons. The molecule has 8 heteroatoms. The van der Waals surface area contributed by atoms with Crippen LogP contribution in [-0.4, -0.2) is 31.9 Å². The highest BCUT2D eigenvalue weighted by Crippen LogP contribution is 2.24. The number of nitrogens with zero attached hydrogens (tertiary/aromatic N) is 4. The molecule has 0 aliphatic heterocycles. The normalized spacial score (nSPS) is 10.9. The fraction of sp³-hybridized carbons (Fsp3) is 0.231. The summed E-state index contributed by atoms with van der Waals surface area (Å²) in [7, 11) is 0. The van der Waals surface area contributed by atoms with Gasteiger partial charge in [0.2, 0.25) is 5.91 Å². The van der Waals surface area contributed by atoms with E-state index in [1.807, 2.05) is 56.6 Å². The van der Waals surface area contributed by atoms with Crippen LogP contribution in [-0.2, 0) is 17.8 Å². The van der Waals surface area contributed by atoms with Crippen molar-refractivity contribution in [2.75, 3.05) is 6.26 Å². The van der Waals surface area contributed by atoms with Gasteiger partial charge in [-0.1, -0.05) is 30.0 Å². The van der Waals surface area contributed by atoms with Crippen LogP contribution < -0.4 is 5.32 Å². The third-order valence-electron chi connectivity index (χ3n) is 5.59. The number of carbonyl (C=O) groups excluding carboxylic acids is 1. The minimum absolute atomic E-state index is 0.0646. The summed E-state index contributed by atoms with van der Waals surface area (Å²) in [6, 6.07) is 16.0. The Labute approximate surface area is 202 Å². The summed E-state index contributed by atoms with van der Waals surface area (Å²) in [5.41, 5.74) is 6.08. The Morgan fingerprint density at radius 1 is 1.03 bits per heavy atom. The number of halogens is 1. The number of hydrogen-bond donors (Lipinski definition) is 1. The highest BCUT2D eigenvalue weighted by molar-refractivity contribution is 7.98. The summed E-state index contributed by atoms with van der Waals surface area (Å²) in [5, 5.41) is 8.46. The number of nitrogens with one attached hydrogen (secondary N) is 1. The Balaban J connectivity index is 1.49. The highest BCUT2D eigenvalue weighted by Gasteiger charge is 2.15. The van der Waals surface area contributed by atoms with Gasteiger partial charge in [0.1, 0.15) is 5.82 Å². The molecule has 2 aromatic heterocycles. The lowest BCUT2D eigenvalue weighted by atomic mass is 10.1. The van der Waals surface area contributed by atoms with Crippen LogP contribution in [0.3, 0.4) is 0 Å². The monoisotopic (exact) mass is 475 g/mol. The number of para-hydroxylation sites is 1. The van der Waals surface area contributed by atoms with E-state index in [4.69, 9.17) is 5.10 Å². The molecule has 34 heavy (non-hydrogen) atoms. The molecule has 1 N–H and O–H groups in total. The number of rotatable bonds is 8. The molecule has 2 heterocycles. The molecular formula is C26H26FN5OS. The van der Waals surface area contributed by atoms with Crippen LogP contribution in [0.4, 0.5) is 4.39 Å². The topological polar surface area (TPSA) is 72.7 Å². The van der Waals surface area contributed by atoms with Crippen LogP contribution in [0.15, 0.2) is 66.0 Å². The molecule has 0 saturated carbocycles. The zero-order chi connectivity index (χ0) is 24.1. The van der Waals surface area contributed by atoms with Crippen LogP contribution in [0.2, 0.25) is 0 Å². The number of carbonyl (C=O) groups is 1. The third kappa shape index (κ3) is 5.51. The van der Waals surface area contributed by atoms with Crippen molar-refractivity contribution in [3.05, 3.63) is 89.1 Å². The smallest absolute Gasteiger partial charge is 0.220 e. The van der Waals surface area contributed by atoms with E-state index in [-0.39, 0.29) is 11.7 Å². The standard InChI is InChI=1S/C26H26FN5OS/c1-17-23(18(2)30-26(29-17)34-3)13-14-24(33)28-15-20-16-32(22-7-5-4-6-8-22)31-25(20)19-9-11-21(27)12-10-19/h4-12,16H,13-15H2,1-3H3,(H,28,33). The zero-order valence-electron chi connectivity index (χ0n) is 19.4. The summed E-state index contributed by atoms with van der Waals surface area (Å²) in [5.74, 6) is -0.369. The number of aromatic nitrogens is 4. The van der Waals surface area contributed by atoms with Crippen molar-refractivity contribution in [3.8, 4) is 16.9 Å². The van der Waals surface area contributed by atoms with Crippen molar-refractivity contribution >= 4 is 17.7 Å². The van der Waals surface area contributed by atoms with Gasteiger partial charge in [0, 0.05) is 41.7 Å². The molecule has 0 spiro atoms. The molecule has 1 amide bonds. The zero-order valence-corrected chi connectivity index (χ0v) is 20.2. The maximum atomic E-state index is 13.5. The number of hydrogen-bond acceptors (Lipinski definition) is 5. The molecule has 0 aliphatic carbocycles. The van der Waals surface area contributed by atoms with Crippen LogP contribution in [0.5, 0.6) is 0 Å². The van der Waals surface area contributed by atoms with Gasteiger partial charge in [-0.25, -0.2) is 19.0 Å². The summed E-state index contributed by atoms with van der Waals surface area (Å²) >= 11 is 1.51. The molecule has 0 bridgehead atoms. The van der Waals surface area contributed by atoms with Crippen LogP contribution in [0.25, 0.3) is 16.9 Å². The van der Waals surface area contributed by atoms with E-state index in [0.29, 0.717) is 25.1 Å². The largest absolute Gasteiger partial charge is 0.352 e. The van der Waals surface area contributed by atoms with E-state index in [1.54, 1.807) is 16.8 Å².